The van der Waals surface area contributed by atoms with E-state index in [1.54, 1.807) is 62.4 Å². The Labute approximate surface area is 200 Å². The van der Waals surface area contributed by atoms with Crippen molar-refractivity contribution in [3.8, 4) is 11.8 Å². The molecule has 0 aliphatic carbocycles. The molecule has 0 spiro atoms. The molecular formula is C23H20N4O5S2. The summed E-state index contributed by atoms with van der Waals surface area (Å²) >= 11 is 0.714. The van der Waals surface area contributed by atoms with Gasteiger partial charge in [0.25, 0.3) is 11.1 Å². The molecule has 11 heteroatoms. The van der Waals surface area contributed by atoms with Crippen LogP contribution in [0.3, 0.4) is 0 Å². The van der Waals surface area contributed by atoms with Crippen LogP contribution in [0.5, 0.6) is 5.75 Å². The number of rotatable bonds is 8. The van der Waals surface area contributed by atoms with Crippen LogP contribution in [-0.4, -0.2) is 35.4 Å². The highest BCUT2D eigenvalue weighted by molar-refractivity contribution is 7.91. The summed E-state index contributed by atoms with van der Waals surface area (Å²) in [5, 5.41) is 11.4. The molecule has 1 N–H and O–H groups in total. The number of carbonyl (C=O) groups is 2. The maximum Gasteiger partial charge on any atom is 0.343 e. The zero-order valence-corrected chi connectivity index (χ0v) is 19.9. The van der Waals surface area contributed by atoms with E-state index in [2.05, 4.69) is 14.7 Å². The highest BCUT2D eigenvalue weighted by Gasteiger charge is 2.23. The molecule has 0 unspecified atom stereocenters. The molecule has 34 heavy (non-hydrogen) atoms. The summed E-state index contributed by atoms with van der Waals surface area (Å²) in [4.78, 5) is 28.5. The number of benzene rings is 2. The molecule has 1 heterocycles. The van der Waals surface area contributed by atoms with Gasteiger partial charge in [0.1, 0.15) is 17.4 Å². The van der Waals surface area contributed by atoms with Gasteiger partial charge in [-0.15, -0.1) is 0 Å². The second-order valence-electron chi connectivity index (χ2n) is 7.51. The number of anilines is 1. The maximum atomic E-state index is 12.5. The molecule has 174 valence electrons. The van der Waals surface area contributed by atoms with Gasteiger partial charge in [-0.05, 0) is 41.8 Å². The van der Waals surface area contributed by atoms with Crippen molar-refractivity contribution in [2.45, 2.75) is 19.0 Å². The van der Waals surface area contributed by atoms with Gasteiger partial charge < -0.3 is 4.74 Å². The van der Waals surface area contributed by atoms with E-state index >= 15 is 0 Å². The lowest BCUT2D eigenvalue weighted by molar-refractivity contribution is -0.112. The molecule has 9 nitrogen and oxygen atoms in total. The van der Waals surface area contributed by atoms with Crippen LogP contribution < -0.4 is 10.1 Å². The Kier molecular flexibility index (Phi) is 7.88. The first-order valence-corrected chi connectivity index (χ1v) is 12.5. The number of nitriles is 1. The number of esters is 1. The summed E-state index contributed by atoms with van der Waals surface area (Å²) in [6, 6.07) is 16.6. The third-order valence-corrected chi connectivity index (χ3v) is 6.83. The number of aromatic nitrogens is 2. The largest absolute Gasteiger partial charge is 0.423 e. The highest BCUT2D eigenvalue weighted by Crippen LogP contribution is 2.20. The third kappa shape index (κ3) is 6.57. The van der Waals surface area contributed by atoms with Gasteiger partial charge in [0.15, 0.2) is 0 Å². The van der Waals surface area contributed by atoms with E-state index in [4.69, 9.17) is 4.74 Å². The van der Waals surface area contributed by atoms with Gasteiger partial charge >= 0.3 is 5.97 Å². The lowest BCUT2D eigenvalue weighted by Crippen LogP contribution is -2.15. The van der Waals surface area contributed by atoms with E-state index in [0.717, 1.165) is 0 Å². The average Bonchev–Trinajstić information content (AvgIpc) is 3.28. The zero-order valence-electron chi connectivity index (χ0n) is 18.3. The summed E-state index contributed by atoms with van der Waals surface area (Å²) < 4.78 is 33.5. The van der Waals surface area contributed by atoms with Gasteiger partial charge in [-0.3, -0.25) is 10.1 Å². The van der Waals surface area contributed by atoms with Crippen LogP contribution in [0.1, 0.15) is 29.8 Å². The van der Waals surface area contributed by atoms with Gasteiger partial charge in [-0.2, -0.15) is 14.6 Å². The van der Waals surface area contributed by atoms with Crippen molar-refractivity contribution >= 4 is 44.5 Å². The SMILES string of the molecule is CC(C)CS(=O)(=O)c1nsc(NC(=O)/C(C#N)=C\c2ccc(OC(=O)c3ccccc3)cc2)n1. The normalized spacial score (nSPS) is 11.6. The minimum Gasteiger partial charge on any atom is -0.423 e. The monoisotopic (exact) mass is 496 g/mol. The fourth-order valence-corrected chi connectivity index (χ4v) is 5.10. The van der Waals surface area contributed by atoms with Crippen molar-refractivity contribution in [1.29, 1.82) is 5.26 Å². The van der Waals surface area contributed by atoms with Gasteiger partial charge in [0.05, 0.1) is 11.3 Å². The van der Waals surface area contributed by atoms with E-state index in [0.29, 0.717) is 28.4 Å². The van der Waals surface area contributed by atoms with Crippen molar-refractivity contribution in [2.24, 2.45) is 5.92 Å². The van der Waals surface area contributed by atoms with Crippen molar-refractivity contribution in [3.05, 3.63) is 71.3 Å². The van der Waals surface area contributed by atoms with Crippen LogP contribution in [0, 0.1) is 17.2 Å². The minimum atomic E-state index is -3.66. The average molecular weight is 497 g/mol. The van der Waals surface area contributed by atoms with E-state index in [9.17, 15) is 23.3 Å². The van der Waals surface area contributed by atoms with Crippen LogP contribution in [0.25, 0.3) is 6.08 Å². The second kappa shape index (κ2) is 10.8. The van der Waals surface area contributed by atoms with E-state index in [1.165, 1.54) is 18.2 Å². The number of sulfone groups is 1. The molecule has 0 saturated heterocycles. The summed E-state index contributed by atoms with van der Waals surface area (Å²) in [7, 11) is -3.66. The lowest BCUT2D eigenvalue weighted by Gasteiger charge is -2.05. The van der Waals surface area contributed by atoms with Crippen LogP contribution in [0.15, 0.2) is 65.3 Å². The van der Waals surface area contributed by atoms with Crippen LogP contribution in [-0.2, 0) is 14.6 Å². The van der Waals surface area contributed by atoms with Crippen LogP contribution in [0.4, 0.5) is 5.13 Å². The number of carbonyl (C=O) groups excluding carboxylic acids is 2. The summed E-state index contributed by atoms with van der Waals surface area (Å²) in [5.74, 6) is -1.18. The van der Waals surface area contributed by atoms with Crippen LogP contribution >= 0.6 is 11.5 Å². The Morgan fingerprint density at radius 3 is 2.44 bits per heavy atom. The van der Waals surface area contributed by atoms with E-state index < -0.39 is 21.7 Å². The number of amides is 1. The number of hydrogen-bond donors (Lipinski definition) is 1. The molecule has 1 amide bonds. The predicted molar refractivity (Wildman–Crippen MR) is 127 cm³/mol. The Balaban J connectivity index is 1.67. The highest BCUT2D eigenvalue weighted by atomic mass is 32.2. The van der Waals surface area contributed by atoms with Gasteiger partial charge in [0, 0.05) is 11.5 Å². The Morgan fingerprint density at radius 2 is 1.82 bits per heavy atom. The smallest absolute Gasteiger partial charge is 0.343 e. The fourth-order valence-electron chi connectivity index (χ4n) is 2.75. The molecule has 1 aromatic heterocycles. The summed E-state index contributed by atoms with van der Waals surface area (Å²) in [6.45, 7) is 3.52. The lowest BCUT2D eigenvalue weighted by atomic mass is 10.1. The topological polar surface area (TPSA) is 139 Å². The van der Waals surface area contributed by atoms with Crippen molar-refractivity contribution < 1.29 is 22.7 Å². The van der Waals surface area contributed by atoms with Gasteiger partial charge in [-0.25, -0.2) is 13.2 Å². The first kappa shape index (κ1) is 24.8. The number of nitrogens with one attached hydrogen (secondary N) is 1. The molecule has 3 rings (SSSR count). The fraction of sp³-hybridized carbons (Fsp3) is 0.174. The maximum absolute atomic E-state index is 12.5. The first-order valence-electron chi connectivity index (χ1n) is 10.0. The quantitative estimate of drug-likeness (QED) is 0.215. The molecule has 2 aromatic carbocycles. The summed E-state index contributed by atoms with van der Waals surface area (Å²) in [6.07, 6.45) is 1.34. The molecule has 0 atom stereocenters. The number of ether oxygens (including phenoxy) is 1. The number of hydrogen-bond acceptors (Lipinski definition) is 9. The molecular weight excluding hydrogens is 476 g/mol. The standard InChI is InChI=1S/C23H20N4O5S2/c1-15(2)14-34(30,31)23-26-22(33-27-23)25-20(28)18(13-24)12-16-8-10-19(11-9-16)32-21(29)17-6-4-3-5-7-17/h3-12,15H,14H2,1-2H3,(H,25,26,27,28)/b18-12-. The van der Waals surface area contributed by atoms with E-state index in [-0.39, 0.29) is 27.5 Å². The summed E-state index contributed by atoms with van der Waals surface area (Å²) in [5.41, 5.74) is 0.700. The van der Waals surface area contributed by atoms with Crippen molar-refractivity contribution in [1.82, 2.24) is 9.36 Å². The van der Waals surface area contributed by atoms with Gasteiger partial charge in [-0.1, -0.05) is 44.2 Å². The molecule has 0 aliphatic rings. The Bertz CT molecular complexity index is 1360. The Morgan fingerprint density at radius 1 is 1.15 bits per heavy atom. The van der Waals surface area contributed by atoms with Crippen molar-refractivity contribution in [2.75, 3.05) is 11.1 Å². The molecule has 0 bridgehead atoms. The zero-order chi connectivity index (χ0) is 24.7. The van der Waals surface area contributed by atoms with Gasteiger partial charge in [0.2, 0.25) is 15.0 Å². The van der Waals surface area contributed by atoms with Crippen molar-refractivity contribution in [3.63, 3.8) is 0 Å². The van der Waals surface area contributed by atoms with Crippen LogP contribution in [0.2, 0.25) is 0 Å². The molecule has 0 aliphatic heterocycles. The predicted octanol–water partition coefficient (Wildman–Crippen LogP) is 3.73. The first-order chi connectivity index (χ1) is 16.2. The molecule has 0 fully saturated rings. The third-order valence-electron chi connectivity index (χ3n) is 4.23. The Hall–Kier alpha value is -3.88. The van der Waals surface area contributed by atoms with E-state index in [1.807, 2.05) is 0 Å². The molecule has 3 aromatic rings. The molecule has 0 saturated carbocycles. The molecule has 0 radical (unpaired) electrons. The minimum absolute atomic E-state index is 0.0309. The number of nitrogens with zero attached hydrogens (tertiary/aromatic N) is 3. The second-order valence-corrected chi connectivity index (χ2v) is 10.2.